The largest absolute Gasteiger partial charge is 0.457 e. The molecule has 4 N–H and O–H groups in total. The molecule has 0 bridgehead atoms. The number of carbonyl (C=O) groups is 1. The van der Waals surface area contributed by atoms with E-state index >= 15 is 0 Å². The van der Waals surface area contributed by atoms with E-state index in [2.05, 4.69) is 54.5 Å². The van der Waals surface area contributed by atoms with Crippen LogP contribution in [0.4, 0.5) is 0 Å². The van der Waals surface area contributed by atoms with Crippen LogP contribution in [0.3, 0.4) is 0 Å². The summed E-state index contributed by atoms with van der Waals surface area (Å²) in [6.45, 7) is 3.76. The molecule has 1 rings (SSSR count). The molecule has 0 saturated carbocycles. The van der Waals surface area contributed by atoms with E-state index < -0.39 is 59.8 Å². The number of carbonyl (C=O) groups excluding carboxylic acids is 1. The van der Waals surface area contributed by atoms with Gasteiger partial charge in [0, 0.05) is 13.0 Å². The van der Waals surface area contributed by atoms with Crippen LogP contribution in [0, 0.1) is 0 Å². The molecule has 0 spiro atoms. The molecule has 48 heavy (non-hydrogen) atoms. The van der Waals surface area contributed by atoms with Gasteiger partial charge in [-0.05, 0) is 44.9 Å². The smallest absolute Gasteiger partial charge is 0.397 e. The molecular weight excluding hydrogens is 644 g/mol. The number of hydrogen-bond acceptors (Lipinski definition) is 11. The molecule has 1 fully saturated rings. The first kappa shape index (κ1) is 44.3. The van der Waals surface area contributed by atoms with Gasteiger partial charge >= 0.3 is 16.4 Å². The van der Waals surface area contributed by atoms with Gasteiger partial charge in [-0.15, -0.1) is 0 Å². The Morgan fingerprint density at radius 1 is 0.812 bits per heavy atom. The second kappa shape index (κ2) is 28.1. The highest BCUT2D eigenvalue weighted by Crippen LogP contribution is 2.26. The molecule has 0 aromatic carbocycles. The van der Waals surface area contributed by atoms with Crippen molar-refractivity contribution in [1.29, 1.82) is 0 Å². The SMILES string of the molecule is CC/C=C\C/C=C\C/C=C\CCCCCC(=O)OC(COCCCCCCCCCC)COC1OC(CO)C(O)C(OS(=O)(=O)O)C1O. The first-order valence-electron chi connectivity index (χ1n) is 17.7. The number of rotatable bonds is 29. The minimum Gasteiger partial charge on any atom is -0.457 e. The van der Waals surface area contributed by atoms with Gasteiger partial charge in [0.15, 0.2) is 6.29 Å². The lowest BCUT2D eigenvalue weighted by Crippen LogP contribution is -2.60. The highest BCUT2D eigenvalue weighted by Gasteiger charge is 2.48. The Kier molecular flexibility index (Phi) is 25.9. The van der Waals surface area contributed by atoms with E-state index in [0.717, 1.165) is 57.8 Å². The molecule has 0 aromatic rings. The van der Waals surface area contributed by atoms with Gasteiger partial charge in [-0.25, -0.2) is 4.18 Å². The van der Waals surface area contributed by atoms with Crippen molar-refractivity contribution >= 4 is 16.4 Å². The summed E-state index contributed by atoms with van der Waals surface area (Å²) in [4.78, 5) is 12.7. The van der Waals surface area contributed by atoms with Gasteiger partial charge in [0.25, 0.3) is 0 Å². The average molecular weight is 707 g/mol. The van der Waals surface area contributed by atoms with Crippen molar-refractivity contribution < 1.29 is 56.2 Å². The van der Waals surface area contributed by atoms with E-state index in [1.165, 1.54) is 32.1 Å². The lowest BCUT2D eigenvalue weighted by molar-refractivity contribution is -0.301. The monoisotopic (exact) mass is 706 g/mol. The van der Waals surface area contributed by atoms with Crippen LogP contribution in [-0.4, -0.2) is 97.5 Å². The Balaban J connectivity index is 2.57. The fraction of sp³-hybridized carbons (Fsp3) is 0.800. The van der Waals surface area contributed by atoms with E-state index in [1.807, 2.05) is 0 Å². The summed E-state index contributed by atoms with van der Waals surface area (Å²) in [5, 5.41) is 30.4. The van der Waals surface area contributed by atoms with Crippen LogP contribution in [0.5, 0.6) is 0 Å². The molecule has 13 heteroatoms. The van der Waals surface area contributed by atoms with Crippen LogP contribution in [-0.2, 0) is 38.3 Å². The number of aliphatic hydroxyl groups excluding tert-OH is 3. The van der Waals surface area contributed by atoms with Gasteiger partial charge in [-0.3, -0.25) is 9.35 Å². The van der Waals surface area contributed by atoms with Crippen molar-refractivity contribution in [3.63, 3.8) is 0 Å². The summed E-state index contributed by atoms with van der Waals surface area (Å²) in [7, 11) is -5.05. The van der Waals surface area contributed by atoms with Crippen LogP contribution in [0.25, 0.3) is 0 Å². The Hall–Kier alpha value is -1.68. The quantitative estimate of drug-likeness (QED) is 0.0332. The van der Waals surface area contributed by atoms with Crippen molar-refractivity contribution in [2.45, 2.75) is 153 Å². The topological polar surface area (TPSA) is 178 Å². The van der Waals surface area contributed by atoms with Crippen molar-refractivity contribution in [1.82, 2.24) is 0 Å². The first-order valence-corrected chi connectivity index (χ1v) is 19.1. The molecule has 6 atom stereocenters. The number of esters is 1. The maximum absolute atomic E-state index is 12.7. The molecular formula is C35H62O12S. The van der Waals surface area contributed by atoms with Crippen molar-refractivity contribution in [2.75, 3.05) is 26.4 Å². The van der Waals surface area contributed by atoms with Crippen molar-refractivity contribution in [3.05, 3.63) is 36.5 Å². The normalized spacial score (nSPS) is 22.7. The van der Waals surface area contributed by atoms with Crippen LogP contribution in [0.15, 0.2) is 36.5 Å². The lowest BCUT2D eigenvalue weighted by Gasteiger charge is -2.41. The Labute approximate surface area is 288 Å². The average Bonchev–Trinajstić information content (AvgIpc) is 3.05. The zero-order chi connectivity index (χ0) is 35.5. The number of hydrogen-bond donors (Lipinski definition) is 4. The Bertz CT molecular complexity index is 1000. The number of allylic oxidation sites excluding steroid dienone is 6. The van der Waals surface area contributed by atoms with Gasteiger partial charge in [0.1, 0.15) is 30.5 Å². The fourth-order valence-electron chi connectivity index (χ4n) is 5.10. The molecule has 0 aliphatic carbocycles. The standard InChI is InChI=1S/C35H62O12S/c1-3-5-7-9-11-13-14-15-16-17-18-20-22-24-31(37)45-29(27-43-25-23-21-19-12-10-8-6-4-2)28-44-35-33(39)34(47-48(40,41)42)32(38)30(26-36)46-35/h5,7,11,13,15-16,29-30,32-36,38-39H,3-4,6,8-10,12,14,17-28H2,1-2H3,(H,40,41,42)/b7-5-,13-11-,16-15-. The third-order valence-electron chi connectivity index (χ3n) is 7.78. The summed E-state index contributed by atoms with van der Waals surface area (Å²) in [5.74, 6) is -0.432. The summed E-state index contributed by atoms with van der Waals surface area (Å²) in [6.07, 6.45) is 19.2. The highest BCUT2D eigenvalue weighted by atomic mass is 32.3. The second-order valence-corrected chi connectivity index (χ2v) is 13.1. The van der Waals surface area contributed by atoms with Gasteiger partial charge in [0.05, 0.1) is 19.8 Å². The van der Waals surface area contributed by atoms with Gasteiger partial charge in [-0.2, -0.15) is 8.42 Å². The number of unbranched alkanes of at least 4 members (excludes halogenated alkanes) is 10. The summed E-state index contributed by atoms with van der Waals surface area (Å²) >= 11 is 0. The highest BCUT2D eigenvalue weighted by molar-refractivity contribution is 7.80. The van der Waals surface area contributed by atoms with Crippen molar-refractivity contribution in [2.24, 2.45) is 0 Å². The van der Waals surface area contributed by atoms with Crippen LogP contribution < -0.4 is 0 Å². The molecule has 0 radical (unpaired) electrons. The van der Waals surface area contributed by atoms with E-state index in [-0.39, 0.29) is 19.6 Å². The fourth-order valence-corrected chi connectivity index (χ4v) is 5.60. The molecule has 1 heterocycles. The zero-order valence-corrected chi connectivity index (χ0v) is 29.8. The molecule has 0 aromatic heterocycles. The van der Waals surface area contributed by atoms with Crippen LogP contribution in [0.1, 0.15) is 117 Å². The molecule has 1 aliphatic rings. The summed E-state index contributed by atoms with van der Waals surface area (Å²) in [6, 6.07) is 0. The molecule has 1 saturated heterocycles. The Morgan fingerprint density at radius 2 is 1.44 bits per heavy atom. The van der Waals surface area contributed by atoms with Gasteiger partial charge < -0.3 is 34.3 Å². The summed E-state index contributed by atoms with van der Waals surface area (Å²) < 4.78 is 58.5. The van der Waals surface area contributed by atoms with E-state index in [1.54, 1.807) is 0 Å². The third-order valence-corrected chi connectivity index (χ3v) is 8.24. The van der Waals surface area contributed by atoms with E-state index in [9.17, 15) is 28.5 Å². The minimum atomic E-state index is -5.05. The molecule has 6 unspecified atom stereocenters. The number of aliphatic hydroxyl groups is 3. The molecule has 12 nitrogen and oxygen atoms in total. The minimum absolute atomic E-state index is 0.0240. The predicted molar refractivity (Wildman–Crippen MR) is 183 cm³/mol. The third kappa shape index (κ3) is 22.1. The first-order chi connectivity index (χ1) is 23.1. The molecule has 0 amide bonds. The van der Waals surface area contributed by atoms with E-state index in [0.29, 0.717) is 13.0 Å². The van der Waals surface area contributed by atoms with Crippen molar-refractivity contribution in [3.8, 4) is 0 Å². The predicted octanol–water partition coefficient (Wildman–Crippen LogP) is 5.51. The summed E-state index contributed by atoms with van der Waals surface area (Å²) in [5.41, 5.74) is 0. The van der Waals surface area contributed by atoms with E-state index in [4.69, 9.17) is 23.5 Å². The van der Waals surface area contributed by atoms with Gasteiger partial charge in [0.2, 0.25) is 0 Å². The molecule has 1 aliphatic heterocycles. The Morgan fingerprint density at radius 3 is 2.08 bits per heavy atom. The zero-order valence-electron chi connectivity index (χ0n) is 29.0. The molecule has 280 valence electrons. The number of ether oxygens (including phenoxy) is 4. The maximum atomic E-state index is 12.7. The van der Waals surface area contributed by atoms with Crippen LogP contribution >= 0.6 is 0 Å². The van der Waals surface area contributed by atoms with Crippen LogP contribution in [0.2, 0.25) is 0 Å². The van der Waals surface area contributed by atoms with Gasteiger partial charge in [-0.1, -0.05) is 102 Å². The maximum Gasteiger partial charge on any atom is 0.397 e. The second-order valence-electron chi connectivity index (χ2n) is 12.1. The lowest BCUT2D eigenvalue weighted by atomic mass is 9.99.